The first-order chi connectivity index (χ1) is 7.31. The Hall–Kier alpha value is -1.02. The highest BCUT2D eigenvalue weighted by Gasteiger charge is 2.30. The highest BCUT2D eigenvalue weighted by atomic mass is 32.2. The third-order valence-electron chi connectivity index (χ3n) is 2.45. The molecule has 2 rings (SSSR count). The lowest BCUT2D eigenvalue weighted by atomic mass is 10.1. The van der Waals surface area contributed by atoms with Gasteiger partial charge in [-0.05, 0) is 25.0 Å². The second kappa shape index (κ2) is 4.67. The van der Waals surface area contributed by atoms with Gasteiger partial charge in [0.2, 0.25) is 0 Å². The highest BCUT2D eigenvalue weighted by molar-refractivity contribution is 7.99. The zero-order valence-electron chi connectivity index (χ0n) is 8.61. The van der Waals surface area contributed by atoms with E-state index in [1.165, 1.54) is 4.90 Å². The van der Waals surface area contributed by atoms with E-state index in [9.17, 15) is 4.79 Å². The molecule has 1 nitrogen and oxygen atoms in total. The van der Waals surface area contributed by atoms with Crippen molar-refractivity contribution in [3.63, 3.8) is 0 Å². The molecule has 2 heteroatoms. The second-order valence-corrected chi connectivity index (χ2v) is 4.86. The van der Waals surface area contributed by atoms with Gasteiger partial charge in [-0.25, -0.2) is 0 Å². The van der Waals surface area contributed by atoms with E-state index in [1.54, 1.807) is 11.8 Å². The summed E-state index contributed by atoms with van der Waals surface area (Å²) in [7, 11) is 0. The van der Waals surface area contributed by atoms with Gasteiger partial charge in [-0.15, -0.1) is 18.3 Å². The maximum absolute atomic E-state index is 11.7. The molecule has 0 atom stereocenters. The van der Waals surface area contributed by atoms with Gasteiger partial charge in [0.1, 0.15) is 0 Å². The number of rotatable bonds is 5. The van der Waals surface area contributed by atoms with Gasteiger partial charge in [0, 0.05) is 22.1 Å². The van der Waals surface area contributed by atoms with Crippen LogP contribution < -0.4 is 0 Å². The number of carbonyl (C=O) groups excluding carboxylic acids is 1. The molecule has 0 aliphatic heterocycles. The van der Waals surface area contributed by atoms with Crippen LogP contribution in [0, 0.1) is 5.92 Å². The number of hydrogen-bond donors (Lipinski definition) is 0. The topological polar surface area (TPSA) is 17.1 Å². The van der Waals surface area contributed by atoms with Gasteiger partial charge in [0.25, 0.3) is 0 Å². The van der Waals surface area contributed by atoms with Crippen molar-refractivity contribution >= 4 is 17.5 Å². The van der Waals surface area contributed by atoms with Crippen molar-refractivity contribution in [1.82, 2.24) is 0 Å². The molecule has 0 heterocycles. The van der Waals surface area contributed by atoms with Gasteiger partial charge < -0.3 is 0 Å². The van der Waals surface area contributed by atoms with Crippen molar-refractivity contribution in [2.45, 2.75) is 17.7 Å². The molecule has 0 unspecified atom stereocenters. The summed E-state index contributed by atoms with van der Waals surface area (Å²) in [5.41, 5.74) is 0.862. The summed E-state index contributed by atoms with van der Waals surface area (Å²) in [5.74, 6) is 1.54. The van der Waals surface area contributed by atoms with Crippen LogP contribution in [0.2, 0.25) is 0 Å². The lowest BCUT2D eigenvalue weighted by molar-refractivity contribution is 0.0967. The molecule has 78 valence electrons. The fraction of sp³-hybridized carbons (Fsp3) is 0.308. The van der Waals surface area contributed by atoms with Crippen molar-refractivity contribution in [2.24, 2.45) is 5.92 Å². The summed E-state index contributed by atoms with van der Waals surface area (Å²) < 4.78 is 0. The third-order valence-corrected chi connectivity index (χ3v) is 3.46. The summed E-state index contributed by atoms with van der Waals surface area (Å²) in [6.07, 6.45) is 4.03. The van der Waals surface area contributed by atoms with Crippen molar-refractivity contribution in [3.05, 3.63) is 42.5 Å². The van der Waals surface area contributed by atoms with Crippen LogP contribution in [0.3, 0.4) is 0 Å². The molecule has 1 aliphatic rings. The van der Waals surface area contributed by atoms with E-state index in [4.69, 9.17) is 0 Å². The SMILES string of the molecule is C=CCSc1ccc(C(=O)C2CC2)cc1. The average molecular weight is 218 g/mol. The summed E-state index contributed by atoms with van der Waals surface area (Å²) in [6.45, 7) is 3.68. The second-order valence-electron chi connectivity index (χ2n) is 3.76. The van der Waals surface area contributed by atoms with E-state index >= 15 is 0 Å². The minimum absolute atomic E-state index is 0.315. The van der Waals surface area contributed by atoms with Crippen molar-refractivity contribution < 1.29 is 4.79 Å². The van der Waals surface area contributed by atoms with Gasteiger partial charge >= 0.3 is 0 Å². The minimum atomic E-state index is 0.315. The van der Waals surface area contributed by atoms with Crippen LogP contribution >= 0.6 is 11.8 Å². The molecule has 0 radical (unpaired) electrons. The fourth-order valence-electron chi connectivity index (χ4n) is 1.45. The van der Waals surface area contributed by atoms with E-state index in [2.05, 4.69) is 6.58 Å². The molecule has 0 bridgehead atoms. The van der Waals surface area contributed by atoms with Crippen molar-refractivity contribution in [3.8, 4) is 0 Å². The standard InChI is InChI=1S/C13H14OS/c1-2-9-15-12-7-5-11(6-8-12)13(14)10-3-4-10/h2,5-8,10H,1,3-4,9H2. The number of carbonyl (C=O) groups is 1. The minimum Gasteiger partial charge on any atom is -0.294 e. The van der Waals surface area contributed by atoms with Crippen LogP contribution in [0.5, 0.6) is 0 Å². The van der Waals surface area contributed by atoms with Gasteiger partial charge in [-0.3, -0.25) is 4.79 Å². The average Bonchev–Trinajstić information content (AvgIpc) is 3.10. The molecule has 0 N–H and O–H groups in total. The Kier molecular flexibility index (Phi) is 3.27. The normalized spacial score (nSPS) is 14.9. The quantitative estimate of drug-likeness (QED) is 0.427. The van der Waals surface area contributed by atoms with Gasteiger partial charge in [-0.2, -0.15) is 0 Å². The lowest BCUT2D eigenvalue weighted by Gasteiger charge is -2.01. The van der Waals surface area contributed by atoms with Crippen LogP contribution in [0.15, 0.2) is 41.8 Å². The number of hydrogen-bond acceptors (Lipinski definition) is 2. The third kappa shape index (κ3) is 2.72. The first-order valence-corrected chi connectivity index (χ1v) is 6.18. The monoisotopic (exact) mass is 218 g/mol. The Morgan fingerprint density at radius 1 is 1.40 bits per heavy atom. The van der Waals surface area contributed by atoms with Crippen LogP contribution in [0.25, 0.3) is 0 Å². The molecule has 1 aromatic carbocycles. The number of Topliss-reactive ketones (excluding diaryl/α,β-unsaturated/α-hetero) is 1. The Bertz CT molecular complexity index is 363. The molecule has 1 aliphatic carbocycles. The molecule has 1 aromatic rings. The summed E-state index contributed by atoms with van der Waals surface area (Å²) in [6, 6.07) is 7.91. The first kappa shape index (κ1) is 10.5. The van der Waals surface area contributed by atoms with Gasteiger partial charge in [0.15, 0.2) is 5.78 Å². The van der Waals surface area contributed by atoms with E-state index in [0.717, 1.165) is 24.2 Å². The Morgan fingerprint density at radius 2 is 2.07 bits per heavy atom. The van der Waals surface area contributed by atoms with Crippen molar-refractivity contribution in [1.29, 1.82) is 0 Å². The zero-order chi connectivity index (χ0) is 10.7. The smallest absolute Gasteiger partial charge is 0.165 e. The predicted octanol–water partition coefficient (Wildman–Crippen LogP) is 3.56. The fourth-order valence-corrected chi connectivity index (χ4v) is 2.09. The van der Waals surface area contributed by atoms with Gasteiger partial charge in [0.05, 0.1) is 0 Å². The maximum atomic E-state index is 11.7. The molecule has 0 aromatic heterocycles. The van der Waals surface area contributed by atoms with Crippen LogP contribution in [0.4, 0.5) is 0 Å². The molecule has 0 saturated heterocycles. The molecule has 1 fully saturated rings. The summed E-state index contributed by atoms with van der Waals surface area (Å²) >= 11 is 1.74. The molecule has 15 heavy (non-hydrogen) atoms. The molecular formula is C13H14OS. The number of thioether (sulfide) groups is 1. The van der Waals surface area contributed by atoms with Crippen molar-refractivity contribution in [2.75, 3.05) is 5.75 Å². The van der Waals surface area contributed by atoms with E-state index in [0.29, 0.717) is 11.7 Å². The highest BCUT2D eigenvalue weighted by Crippen LogP contribution is 2.32. The lowest BCUT2D eigenvalue weighted by Crippen LogP contribution is -2.00. The Morgan fingerprint density at radius 3 is 2.60 bits per heavy atom. The van der Waals surface area contributed by atoms with Crippen LogP contribution in [0.1, 0.15) is 23.2 Å². The maximum Gasteiger partial charge on any atom is 0.165 e. The zero-order valence-corrected chi connectivity index (χ0v) is 9.43. The summed E-state index contributed by atoms with van der Waals surface area (Å²) in [4.78, 5) is 12.9. The van der Waals surface area contributed by atoms with Gasteiger partial charge in [-0.1, -0.05) is 18.2 Å². The Labute approximate surface area is 94.6 Å². The predicted molar refractivity (Wildman–Crippen MR) is 64.4 cm³/mol. The van der Waals surface area contributed by atoms with E-state index in [-0.39, 0.29) is 0 Å². The number of benzene rings is 1. The van der Waals surface area contributed by atoms with Crippen LogP contribution in [-0.2, 0) is 0 Å². The number of ketones is 1. The van der Waals surface area contributed by atoms with Crippen LogP contribution in [-0.4, -0.2) is 11.5 Å². The van der Waals surface area contributed by atoms with E-state index in [1.807, 2.05) is 30.3 Å². The molecular weight excluding hydrogens is 204 g/mol. The first-order valence-electron chi connectivity index (χ1n) is 5.19. The van der Waals surface area contributed by atoms with E-state index < -0.39 is 0 Å². The molecule has 0 spiro atoms. The molecule has 0 amide bonds. The Balaban J connectivity index is 2.02. The largest absolute Gasteiger partial charge is 0.294 e. The molecule has 1 saturated carbocycles. The summed E-state index contributed by atoms with van der Waals surface area (Å²) in [5, 5.41) is 0.